The molecule has 2 N–H and O–H groups in total. The number of non-ortho nitro benzene ring substituents is 1. The zero-order chi connectivity index (χ0) is 18.0. The van der Waals surface area contributed by atoms with Gasteiger partial charge in [0.05, 0.1) is 4.92 Å². The number of carbonyl (C=O) groups excluding carboxylic acids is 3. The predicted octanol–water partition coefficient (Wildman–Crippen LogP) is 1.79. The molecule has 1 aliphatic heterocycles. The predicted molar refractivity (Wildman–Crippen MR) is 87.8 cm³/mol. The second kappa shape index (κ2) is 6.50. The molecule has 132 valence electrons. The molecule has 3 rings (SSSR count). The van der Waals surface area contributed by atoms with Gasteiger partial charge in [0.1, 0.15) is 12.1 Å². The van der Waals surface area contributed by atoms with E-state index in [1.807, 2.05) is 0 Å². The number of nitro benzene ring substituents is 1. The van der Waals surface area contributed by atoms with E-state index in [9.17, 15) is 24.5 Å². The minimum Gasteiger partial charge on any atom is -0.324 e. The first-order valence-corrected chi connectivity index (χ1v) is 8.10. The van der Waals surface area contributed by atoms with E-state index in [0.29, 0.717) is 12.8 Å². The molecule has 2 aliphatic rings. The van der Waals surface area contributed by atoms with Crippen LogP contribution in [0.4, 0.5) is 16.2 Å². The van der Waals surface area contributed by atoms with E-state index in [2.05, 4.69) is 10.6 Å². The summed E-state index contributed by atoms with van der Waals surface area (Å²) in [5.41, 5.74) is -0.797. The fourth-order valence-corrected chi connectivity index (χ4v) is 3.36. The first-order valence-electron chi connectivity index (χ1n) is 8.10. The van der Waals surface area contributed by atoms with Crippen LogP contribution in [0.25, 0.3) is 0 Å². The van der Waals surface area contributed by atoms with Gasteiger partial charge in [-0.05, 0) is 18.9 Å². The van der Waals surface area contributed by atoms with E-state index in [0.717, 1.165) is 24.2 Å². The lowest BCUT2D eigenvalue weighted by Gasteiger charge is -2.30. The van der Waals surface area contributed by atoms with Gasteiger partial charge in [0.2, 0.25) is 5.91 Å². The normalized spacial score (nSPS) is 19.0. The Balaban J connectivity index is 1.66. The van der Waals surface area contributed by atoms with Gasteiger partial charge in [0, 0.05) is 17.8 Å². The maximum absolute atomic E-state index is 12.6. The monoisotopic (exact) mass is 346 g/mol. The molecule has 25 heavy (non-hydrogen) atoms. The Labute approximate surface area is 143 Å². The summed E-state index contributed by atoms with van der Waals surface area (Å²) in [4.78, 5) is 48.0. The summed E-state index contributed by atoms with van der Waals surface area (Å²) in [5, 5.41) is 16.0. The largest absolute Gasteiger partial charge is 0.325 e. The van der Waals surface area contributed by atoms with Crippen molar-refractivity contribution in [2.75, 3.05) is 11.9 Å². The van der Waals surface area contributed by atoms with E-state index in [1.165, 1.54) is 24.3 Å². The van der Waals surface area contributed by atoms with Gasteiger partial charge in [-0.3, -0.25) is 24.6 Å². The Kier molecular flexibility index (Phi) is 4.39. The van der Waals surface area contributed by atoms with Crippen LogP contribution in [0.2, 0.25) is 0 Å². The molecule has 1 aliphatic carbocycles. The number of hydrogen-bond acceptors (Lipinski definition) is 5. The standard InChI is InChI=1S/C16H18N4O5/c21-13(17-11-5-4-6-12(9-11)20(24)25)10-19-14(22)16(18-15(19)23)7-2-1-3-8-16/h4-6,9H,1-3,7-8,10H2,(H,17,21)(H,18,23). The second-order valence-corrected chi connectivity index (χ2v) is 6.32. The Morgan fingerprint density at radius 1 is 1.28 bits per heavy atom. The third-order valence-electron chi connectivity index (χ3n) is 4.60. The third kappa shape index (κ3) is 3.30. The molecule has 2 fully saturated rings. The molecule has 1 aromatic rings. The van der Waals surface area contributed by atoms with Crippen molar-refractivity contribution in [3.05, 3.63) is 34.4 Å². The zero-order valence-corrected chi connectivity index (χ0v) is 13.5. The molecule has 9 nitrogen and oxygen atoms in total. The number of urea groups is 1. The Morgan fingerprint density at radius 2 is 2.00 bits per heavy atom. The number of nitrogens with one attached hydrogen (secondary N) is 2. The molecule has 1 spiro atoms. The van der Waals surface area contributed by atoms with Crippen LogP contribution in [0.5, 0.6) is 0 Å². The average molecular weight is 346 g/mol. The average Bonchev–Trinajstić information content (AvgIpc) is 2.80. The number of carbonyl (C=O) groups is 3. The third-order valence-corrected chi connectivity index (χ3v) is 4.60. The summed E-state index contributed by atoms with van der Waals surface area (Å²) in [6.07, 6.45) is 3.92. The van der Waals surface area contributed by atoms with Gasteiger partial charge in [0.25, 0.3) is 11.6 Å². The molecule has 0 atom stereocenters. The topological polar surface area (TPSA) is 122 Å². The van der Waals surface area contributed by atoms with Crippen LogP contribution >= 0.6 is 0 Å². The highest BCUT2D eigenvalue weighted by Gasteiger charge is 2.51. The molecule has 0 aromatic heterocycles. The van der Waals surface area contributed by atoms with Gasteiger partial charge in [-0.25, -0.2) is 4.79 Å². The Morgan fingerprint density at radius 3 is 2.68 bits per heavy atom. The lowest BCUT2D eigenvalue weighted by molar-refractivity contribution is -0.384. The maximum Gasteiger partial charge on any atom is 0.325 e. The fraction of sp³-hybridized carbons (Fsp3) is 0.438. The highest BCUT2D eigenvalue weighted by atomic mass is 16.6. The number of amides is 4. The van der Waals surface area contributed by atoms with Crippen molar-refractivity contribution >= 4 is 29.2 Å². The zero-order valence-electron chi connectivity index (χ0n) is 13.5. The minimum atomic E-state index is -0.874. The van der Waals surface area contributed by atoms with Crippen molar-refractivity contribution in [2.24, 2.45) is 0 Å². The number of anilines is 1. The highest BCUT2D eigenvalue weighted by molar-refractivity contribution is 6.10. The number of hydrogen-bond donors (Lipinski definition) is 2. The van der Waals surface area contributed by atoms with Crippen molar-refractivity contribution in [1.29, 1.82) is 0 Å². The molecule has 9 heteroatoms. The molecular formula is C16H18N4O5. The van der Waals surface area contributed by atoms with Crippen LogP contribution in [0.15, 0.2) is 24.3 Å². The Hall–Kier alpha value is -2.97. The summed E-state index contributed by atoms with van der Waals surface area (Å²) >= 11 is 0. The van der Waals surface area contributed by atoms with Gasteiger partial charge < -0.3 is 10.6 Å². The molecule has 1 heterocycles. The fourth-order valence-electron chi connectivity index (χ4n) is 3.36. The number of nitro groups is 1. The Bertz CT molecular complexity index is 742. The van der Waals surface area contributed by atoms with Gasteiger partial charge >= 0.3 is 6.03 Å². The van der Waals surface area contributed by atoms with Crippen LogP contribution in [-0.2, 0) is 9.59 Å². The second-order valence-electron chi connectivity index (χ2n) is 6.32. The van der Waals surface area contributed by atoms with Crippen molar-refractivity contribution in [3.8, 4) is 0 Å². The number of rotatable bonds is 4. The molecule has 0 radical (unpaired) electrons. The van der Waals surface area contributed by atoms with Crippen molar-refractivity contribution in [1.82, 2.24) is 10.2 Å². The lowest BCUT2D eigenvalue weighted by atomic mass is 9.82. The molecule has 0 unspecified atom stereocenters. The van der Waals surface area contributed by atoms with E-state index in [4.69, 9.17) is 0 Å². The maximum atomic E-state index is 12.6. The van der Waals surface area contributed by atoms with Gasteiger partial charge in [-0.1, -0.05) is 25.3 Å². The van der Waals surface area contributed by atoms with Crippen LogP contribution in [0.3, 0.4) is 0 Å². The molecule has 1 saturated carbocycles. The summed E-state index contributed by atoms with van der Waals surface area (Å²) in [7, 11) is 0. The summed E-state index contributed by atoms with van der Waals surface area (Å²) in [6, 6.07) is 4.89. The lowest BCUT2D eigenvalue weighted by Crippen LogP contribution is -2.48. The van der Waals surface area contributed by atoms with Gasteiger partial charge in [0.15, 0.2) is 0 Å². The highest BCUT2D eigenvalue weighted by Crippen LogP contribution is 2.33. The summed E-state index contributed by atoms with van der Waals surface area (Å²) < 4.78 is 0. The van der Waals surface area contributed by atoms with Gasteiger partial charge in [-0.2, -0.15) is 0 Å². The quantitative estimate of drug-likeness (QED) is 0.489. The van der Waals surface area contributed by atoms with Crippen LogP contribution in [0.1, 0.15) is 32.1 Å². The summed E-state index contributed by atoms with van der Waals surface area (Å²) in [5.74, 6) is -0.955. The van der Waals surface area contributed by atoms with Crippen LogP contribution in [-0.4, -0.2) is 39.8 Å². The molecule has 1 saturated heterocycles. The first kappa shape index (κ1) is 16.9. The van der Waals surface area contributed by atoms with E-state index < -0.39 is 28.9 Å². The van der Waals surface area contributed by atoms with E-state index in [1.54, 1.807) is 0 Å². The molecular weight excluding hydrogens is 328 g/mol. The van der Waals surface area contributed by atoms with Crippen LogP contribution < -0.4 is 10.6 Å². The number of nitrogens with zero attached hydrogens (tertiary/aromatic N) is 2. The molecule has 1 aromatic carbocycles. The van der Waals surface area contributed by atoms with E-state index >= 15 is 0 Å². The molecule has 4 amide bonds. The summed E-state index contributed by atoms with van der Waals surface area (Å²) in [6.45, 7) is -0.422. The van der Waals surface area contributed by atoms with Crippen molar-refractivity contribution in [3.63, 3.8) is 0 Å². The smallest absolute Gasteiger partial charge is 0.324 e. The number of imide groups is 1. The minimum absolute atomic E-state index is 0.158. The number of benzene rings is 1. The van der Waals surface area contributed by atoms with Gasteiger partial charge in [-0.15, -0.1) is 0 Å². The first-order chi connectivity index (χ1) is 11.9. The van der Waals surface area contributed by atoms with Crippen molar-refractivity contribution in [2.45, 2.75) is 37.6 Å². The van der Waals surface area contributed by atoms with E-state index in [-0.39, 0.29) is 17.3 Å². The SMILES string of the molecule is O=C(CN1C(=O)NC2(CCCCC2)C1=O)Nc1cccc([N+](=O)[O-])c1. The van der Waals surface area contributed by atoms with Crippen LogP contribution in [0, 0.1) is 10.1 Å². The van der Waals surface area contributed by atoms with Crippen molar-refractivity contribution < 1.29 is 19.3 Å². The molecule has 0 bridgehead atoms.